The van der Waals surface area contributed by atoms with Gasteiger partial charge in [0.2, 0.25) is 10.0 Å². The zero-order chi connectivity index (χ0) is 25.0. The van der Waals surface area contributed by atoms with Gasteiger partial charge in [0.15, 0.2) is 0 Å². The summed E-state index contributed by atoms with van der Waals surface area (Å²) in [5.41, 5.74) is 1.28. The molecular weight excluding hydrogens is 511 g/mol. The van der Waals surface area contributed by atoms with Crippen LogP contribution in [0.25, 0.3) is 5.69 Å². The van der Waals surface area contributed by atoms with Crippen LogP contribution < -0.4 is 9.46 Å². The fourth-order valence-electron chi connectivity index (χ4n) is 4.09. The number of hydrogen-bond acceptors (Lipinski definition) is 6. The van der Waals surface area contributed by atoms with Gasteiger partial charge in [-0.1, -0.05) is 41.4 Å². The first-order valence-electron chi connectivity index (χ1n) is 11.3. The predicted molar refractivity (Wildman–Crippen MR) is 136 cm³/mol. The molecule has 0 amide bonds. The van der Waals surface area contributed by atoms with Gasteiger partial charge in [0, 0.05) is 32.2 Å². The average molecular weight is 539 g/mol. The molecule has 0 spiro atoms. The largest absolute Gasteiger partial charge is 0.490 e. The molecule has 3 aromatic rings. The first kappa shape index (κ1) is 25.9. The van der Waals surface area contributed by atoms with Gasteiger partial charge >= 0.3 is 0 Å². The highest BCUT2D eigenvalue weighted by atomic mass is 35.5. The van der Waals surface area contributed by atoms with Crippen LogP contribution in [0.3, 0.4) is 0 Å². The van der Waals surface area contributed by atoms with Crippen LogP contribution in [0.15, 0.2) is 59.6 Å². The van der Waals surface area contributed by atoms with Crippen molar-refractivity contribution in [3.63, 3.8) is 0 Å². The first-order chi connectivity index (χ1) is 16.7. The Hall–Kier alpha value is -2.14. The minimum Gasteiger partial charge on any atom is -0.490 e. The number of para-hydroxylation sites is 1. The van der Waals surface area contributed by atoms with E-state index < -0.39 is 16.1 Å². The predicted octanol–water partition coefficient (Wildman–Crippen LogP) is 3.67. The van der Waals surface area contributed by atoms with E-state index >= 15 is 0 Å². The molecule has 0 aliphatic carbocycles. The second kappa shape index (κ2) is 11.3. The van der Waals surface area contributed by atoms with Crippen LogP contribution in [-0.4, -0.2) is 66.6 Å². The number of rotatable bonds is 9. The number of ether oxygens (including phenoxy) is 1. The highest BCUT2D eigenvalue weighted by Crippen LogP contribution is 2.28. The van der Waals surface area contributed by atoms with Crippen LogP contribution in [0.1, 0.15) is 18.5 Å². The summed E-state index contributed by atoms with van der Waals surface area (Å²) < 4.78 is 35.8. The number of aliphatic hydroxyl groups excluding tert-OH is 1. The molecule has 2 N–H and O–H groups in total. The van der Waals surface area contributed by atoms with Gasteiger partial charge in [-0.3, -0.25) is 0 Å². The van der Waals surface area contributed by atoms with Crippen molar-refractivity contribution < 1.29 is 18.3 Å². The Morgan fingerprint density at radius 2 is 1.86 bits per heavy atom. The van der Waals surface area contributed by atoms with Gasteiger partial charge in [-0.2, -0.15) is 5.10 Å². The van der Waals surface area contributed by atoms with E-state index in [2.05, 4.69) is 14.7 Å². The van der Waals surface area contributed by atoms with Crippen molar-refractivity contribution in [2.75, 3.05) is 26.2 Å². The zero-order valence-corrected chi connectivity index (χ0v) is 21.6. The molecule has 35 heavy (non-hydrogen) atoms. The summed E-state index contributed by atoms with van der Waals surface area (Å²) in [5.74, 6) is 0.679. The summed E-state index contributed by atoms with van der Waals surface area (Å²) in [4.78, 5) is 2.20. The van der Waals surface area contributed by atoms with Crippen molar-refractivity contribution in [3.05, 3.63) is 70.5 Å². The van der Waals surface area contributed by atoms with Crippen LogP contribution in [0.5, 0.6) is 5.75 Å². The van der Waals surface area contributed by atoms with E-state index in [4.69, 9.17) is 27.9 Å². The van der Waals surface area contributed by atoms with Crippen LogP contribution >= 0.6 is 23.2 Å². The Morgan fingerprint density at radius 1 is 1.14 bits per heavy atom. The van der Waals surface area contributed by atoms with Crippen molar-refractivity contribution >= 4 is 33.2 Å². The van der Waals surface area contributed by atoms with Gasteiger partial charge in [0.1, 0.15) is 16.7 Å². The van der Waals surface area contributed by atoms with Gasteiger partial charge in [0.05, 0.1) is 33.7 Å². The number of nitrogens with zero attached hydrogens (tertiary/aromatic N) is 3. The lowest BCUT2D eigenvalue weighted by Gasteiger charge is -2.33. The quantitative estimate of drug-likeness (QED) is 0.431. The summed E-state index contributed by atoms with van der Waals surface area (Å²) in [7, 11) is -3.82. The highest BCUT2D eigenvalue weighted by molar-refractivity contribution is 7.89. The fourth-order valence-corrected chi connectivity index (χ4v) is 5.60. The Balaban J connectivity index is 1.25. The summed E-state index contributed by atoms with van der Waals surface area (Å²) in [6.45, 7) is 3.45. The lowest BCUT2D eigenvalue weighted by Crippen LogP contribution is -2.45. The molecule has 8 nitrogen and oxygen atoms in total. The van der Waals surface area contributed by atoms with E-state index in [9.17, 15) is 13.5 Å². The summed E-state index contributed by atoms with van der Waals surface area (Å²) in [6, 6.07) is 14.5. The van der Waals surface area contributed by atoms with Gasteiger partial charge in [-0.15, -0.1) is 0 Å². The van der Waals surface area contributed by atoms with Crippen LogP contribution in [0.2, 0.25) is 10.0 Å². The van der Waals surface area contributed by atoms with E-state index in [1.54, 1.807) is 29.8 Å². The number of nitrogens with one attached hydrogen (secondary N) is 1. The van der Waals surface area contributed by atoms with Gasteiger partial charge in [-0.25, -0.2) is 17.8 Å². The Labute approximate surface area is 215 Å². The van der Waals surface area contributed by atoms with E-state index in [0.717, 1.165) is 31.6 Å². The minimum absolute atomic E-state index is 0.0447. The summed E-state index contributed by atoms with van der Waals surface area (Å²) in [6.07, 6.45) is 2.10. The second-order valence-electron chi connectivity index (χ2n) is 8.54. The third kappa shape index (κ3) is 6.55. The SMILES string of the molecule is Cc1c(S(=O)(=O)NC[C@@H](O)CN2CCC(Oc3ccc(Cl)c(Cl)c3)CC2)cnn1-c1ccccc1. The number of likely N-dealkylation sites (tertiary alicyclic amines) is 1. The second-order valence-corrected chi connectivity index (χ2v) is 11.1. The number of β-amino-alcohol motifs (C(OH)–C–C–N with tert-alkyl or cyclic N) is 1. The van der Waals surface area contributed by atoms with Crippen LogP contribution in [-0.2, 0) is 10.0 Å². The number of hydrogen-bond donors (Lipinski definition) is 2. The molecule has 0 radical (unpaired) electrons. The molecule has 188 valence electrons. The molecule has 2 aromatic carbocycles. The number of piperidine rings is 1. The Kier molecular flexibility index (Phi) is 8.36. The van der Waals surface area contributed by atoms with E-state index in [1.807, 2.05) is 30.3 Å². The van der Waals surface area contributed by atoms with Gasteiger partial charge in [0.25, 0.3) is 0 Å². The molecule has 1 fully saturated rings. The van der Waals surface area contributed by atoms with Gasteiger partial charge < -0.3 is 14.7 Å². The zero-order valence-electron chi connectivity index (χ0n) is 19.3. The number of aromatic nitrogens is 2. The molecule has 1 saturated heterocycles. The Morgan fingerprint density at radius 3 is 2.54 bits per heavy atom. The number of aliphatic hydroxyl groups is 1. The monoisotopic (exact) mass is 538 g/mol. The molecule has 11 heteroatoms. The third-order valence-corrected chi connectivity index (χ3v) is 8.23. The maximum absolute atomic E-state index is 12.8. The standard InChI is InChI=1S/C24H28Cl2N4O4S/c1-17-24(15-27-30(17)18-5-3-2-4-6-18)35(32,33)28-14-19(31)16-29-11-9-20(10-12-29)34-21-7-8-22(25)23(26)13-21/h2-8,13,15,19-20,28,31H,9-12,14,16H2,1H3/t19-/m1/s1. The molecule has 1 aromatic heterocycles. The molecule has 4 rings (SSSR count). The highest BCUT2D eigenvalue weighted by Gasteiger charge is 2.25. The number of halogens is 2. The first-order valence-corrected chi connectivity index (χ1v) is 13.6. The van der Waals surface area contributed by atoms with E-state index in [-0.39, 0.29) is 17.5 Å². The molecule has 0 bridgehead atoms. The Bertz CT molecular complexity index is 1250. The normalized spacial score (nSPS) is 16.3. The molecule has 2 heterocycles. The lowest BCUT2D eigenvalue weighted by molar-refractivity contribution is 0.0630. The number of sulfonamides is 1. The fraction of sp³-hybridized carbons (Fsp3) is 0.375. The molecule has 1 aliphatic rings. The van der Waals surface area contributed by atoms with E-state index in [1.165, 1.54) is 6.20 Å². The maximum atomic E-state index is 12.8. The molecule has 0 unspecified atom stereocenters. The molecule has 0 saturated carbocycles. The van der Waals surface area contributed by atoms with Gasteiger partial charge in [-0.05, 0) is 44.0 Å². The summed E-state index contributed by atoms with van der Waals surface area (Å²) in [5, 5.41) is 15.6. The topological polar surface area (TPSA) is 96.7 Å². The van der Waals surface area contributed by atoms with E-state index in [0.29, 0.717) is 28.0 Å². The lowest BCUT2D eigenvalue weighted by atomic mass is 10.1. The van der Waals surface area contributed by atoms with Crippen molar-refractivity contribution in [1.82, 2.24) is 19.4 Å². The van der Waals surface area contributed by atoms with Crippen LogP contribution in [0.4, 0.5) is 0 Å². The van der Waals surface area contributed by atoms with Crippen LogP contribution in [0, 0.1) is 6.92 Å². The minimum atomic E-state index is -3.82. The van der Waals surface area contributed by atoms with Crippen molar-refractivity contribution in [1.29, 1.82) is 0 Å². The third-order valence-electron chi connectivity index (χ3n) is 5.96. The number of benzene rings is 2. The summed E-state index contributed by atoms with van der Waals surface area (Å²) >= 11 is 12.0. The molecule has 1 aliphatic heterocycles. The molecule has 1 atom stereocenters. The van der Waals surface area contributed by atoms with Crippen molar-refractivity contribution in [3.8, 4) is 11.4 Å². The average Bonchev–Trinajstić information content (AvgIpc) is 3.24. The smallest absolute Gasteiger partial charge is 0.244 e. The van der Waals surface area contributed by atoms with Crippen molar-refractivity contribution in [2.45, 2.75) is 36.9 Å². The van der Waals surface area contributed by atoms with Crippen molar-refractivity contribution in [2.24, 2.45) is 0 Å². The maximum Gasteiger partial charge on any atom is 0.244 e. The molecular formula is C24H28Cl2N4O4S.